The van der Waals surface area contributed by atoms with Gasteiger partial charge in [0.2, 0.25) is 11.1 Å². The summed E-state index contributed by atoms with van der Waals surface area (Å²) in [6.45, 7) is 6.10. The van der Waals surface area contributed by atoms with Gasteiger partial charge in [0, 0.05) is 6.04 Å². The molecule has 122 valence electrons. The summed E-state index contributed by atoms with van der Waals surface area (Å²) in [6.07, 6.45) is 4.81. The number of carbonyl (C=O) groups excluding carboxylic acids is 1. The normalized spacial score (nSPS) is 12.5. The molecule has 0 fully saturated rings. The van der Waals surface area contributed by atoms with Crippen LogP contribution in [0.1, 0.15) is 37.2 Å². The van der Waals surface area contributed by atoms with Gasteiger partial charge in [0.1, 0.15) is 5.82 Å². The molecule has 0 radical (unpaired) electrons. The van der Waals surface area contributed by atoms with Crippen LogP contribution in [0.15, 0.2) is 29.4 Å². The molecule has 0 aliphatic carbocycles. The molecule has 0 saturated heterocycles. The number of thioether (sulfide) groups is 1. The average Bonchev–Trinajstić information content (AvgIpc) is 3.00. The fraction of sp³-hybridized carbons (Fsp3) is 0.353. The van der Waals surface area contributed by atoms with Crippen LogP contribution in [0.2, 0.25) is 0 Å². The van der Waals surface area contributed by atoms with E-state index in [1.807, 2.05) is 38.1 Å². The van der Waals surface area contributed by atoms with E-state index >= 15 is 0 Å². The van der Waals surface area contributed by atoms with Gasteiger partial charge < -0.3 is 5.32 Å². The summed E-state index contributed by atoms with van der Waals surface area (Å²) < 4.78 is 0. The Morgan fingerprint density at radius 1 is 1.39 bits per heavy atom. The van der Waals surface area contributed by atoms with Crippen LogP contribution in [-0.2, 0) is 4.79 Å². The molecule has 5 nitrogen and oxygen atoms in total. The lowest BCUT2D eigenvalue weighted by Crippen LogP contribution is -2.33. The van der Waals surface area contributed by atoms with Crippen molar-refractivity contribution in [2.24, 2.45) is 0 Å². The minimum atomic E-state index is 0.00570. The zero-order valence-electron chi connectivity index (χ0n) is 13.7. The lowest BCUT2D eigenvalue weighted by molar-refractivity contribution is -0.119. The predicted octanol–water partition coefficient (Wildman–Crippen LogP) is 3.29. The molecule has 0 saturated carbocycles. The van der Waals surface area contributed by atoms with E-state index in [1.165, 1.54) is 17.3 Å². The molecule has 23 heavy (non-hydrogen) atoms. The molecule has 0 aliphatic heterocycles. The highest BCUT2D eigenvalue weighted by Gasteiger charge is 2.08. The molecule has 1 aromatic carbocycles. The number of H-pyrrole nitrogens is 1. The van der Waals surface area contributed by atoms with Gasteiger partial charge in [-0.05, 0) is 37.5 Å². The van der Waals surface area contributed by atoms with Gasteiger partial charge in [0.05, 0.1) is 5.75 Å². The number of nitrogens with one attached hydrogen (secondary N) is 2. The summed E-state index contributed by atoms with van der Waals surface area (Å²) in [7, 11) is 0. The van der Waals surface area contributed by atoms with Crippen molar-refractivity contribution in [3.8, 4) is 0 Å². The highest BCUT2D eigenvalue weighted by atomic mass is 32.2. The highest BCUT2D eigenvalue weighted by molar-refractivity contribution is 7.99. The molecule has 2 N–H and O–H groups in total. The molecule has 1 amide bonds. The molecule has 0 bridgehead atoms. The van der Waals surface area contributed by atoms with Gasteiger partial charge in [-0.15, -0.1) is 5.10 Å². The maximum Gasteiger partial charge on any atom is 0.230 e. The second kappa shape index (κ2) is 8.53. The Bertz CT molecular complexity index is 681. The Labute approximate surface area is 141 Å². The van der Waals surface area contributed by atoms with Crippen molar-refractivity contribution in [2.75, 3.05) is 5.75 Å². The van der Waals surface area contributed by atoms with Gasteiger partial charge in [0.25, 0.3) is 0 Å². The molecular weight excluding hydrogens is 308 g/mol. The zero-order chi connectivity index (χ0) is 16.7. The number of carbonyl (C=O) groups is 1. The standard InChI is InChI=1S/C17H22N4OS/c1-4-13(3)18-16(22)11-23-17-19-15(20-21-17)10-9-14-8-6-5-7-12(14)2/h5-10,13H,4,11H2,1-3H3,(H,18,22)(H,19,20,21)/b10-9+. The summed E-state index contributed by atoms with van der Waals surface area (Å²) in [5.74, 6) is 1.01. The van der Waals surface area contributed by atoms with E-state index in [4.69, 9.17) is 0 Å². The van der Waals surface area contributed by atoms with Crippen molar-refractivity contribution in [2.45, 2.75) is 38.4 Å². The zero-order valence-corrected chi connectivity index (χ0v) is 14.5. The first-order valence-electron chi connectivity index (χ1n) is 7.66. The first-order chi connectivity index (χ1) is 11.1. The fourth-order valence-corrected chi connectivity index (χ4v) is 2.50. The van der Waals surface area contributed by atoms with Crippen LogP contribution in [0, 0.1) is 6.92 Å². The molecule has 1 heterocycles. The maximum atomic E-state index is 11.7. The van der Waals surface area contributed by atoms with Gasteiger partial charge in [-0.2, -0.15) is 0 Å². The van der Waals surface area contributed by atoms with Gasteiger partial charge in [-0.3, -0.25) is 9.89 Å². The molecule has 6 heteroatoms. The van der Waals surface area contributed by atoms with Crippen molar-refractivity contribution in [1.29, 1.82) is 0 Å². The second-order valence-electron chi connectivity index (χ2n) is 5.36. The first-order valence-corrected chi connectivity index (χ1v) is 8.65. The van der Waals surface area contributed by atoms with Crippen molar-refractivity contribution in [1.82, 2.24) is 20.5 Å². The SMILES string of the molecule is CCC(C)NC(=O)CSc1n[nH]c(/C=C/c2ccccc2C)n1. The highest BCUT2D eigenvalue weighted by Crippen LogP contribution is 2.14. The third-order valence-corrected chi connectivity index (χ3v) is 4.29. The van der Waals surface area contributed by atoms with Crippen LogP contribution in [0.3, 0.4) is 0 Å². The van der Waals surface area contributed by atoms with Crippen LogP contribution in [0.4, 0.5) is 0 Å². The third kappa shape index (κ3) is 5.56. The number of aryl methyl sites for hydroxylation is 1. The smallest absolute Gasteiger partial charge is 0.230 e. The summed E-state index contributed by atoms with van der Waals surface area (Å²) in [4.78, 5) is 16.1. The summed E-state index contributed by atoms with van der Waals surface area (Å²) in [5, 5.41) is 10.5. The second-order valence-corrected chi connectivity index (χ2v) is 6.30. The van der Waals surface area contributed by atoms with Crippen molar-refractivity contribution < 1.29 is 4.79 Å². The van der Waals surface area contributed by atoms with Crippen LogP contribution >= 0.6 is 11.8 Å². The summed E-state index contributed by atoms with van der Waals surface area (Å²) in [5.41, 5.74) is 2.35. The number of benzene rings is 1. The van der Waals surface area contributed by atoms with Crippen molar-refractivity contribution in [3.63, 3.8) is 0 Å². The van der Waals surface area contributed by atoms with Gasteiger partial charge >= 0.3 is 0 Å². The Hall–Kier alpha value is -2.08. The van der Waals surface area contributed by atoms with Crippen molar-refractivity contribution in [3.05, 3.63) is 41.2 Å². The van der Waals surface area contributed by atoms with Gasteiger partial charge in [0.15, 0.2) is 0 Å². The molecule has 0 spiro atoms. The minimum Gasteiger partial charge on any atom is -0.353 e. The quantitative estimate of drug-likeness (QED) is 0.764. The lowest BCUT2D eigenvalue weighted by atomic mass is 10.1. The van der Waals surface area contributed by atoms with E-state index < -0.39 is 0 Å². The average molecular weight is 330 g/mol. The Morgan fingerprint density at radius 2 is 2.17 bits per heavy atom. The Kier molecular flexibility index (Phi) is 6.40. The van der Waals surface area contributed by atoms with E-state index in [0.29, 0.717) is 16.7 Å². The fourth-order valence-electron chi connectivity index (χ4n) is 1.89. The maximum absolute atomic E-state index is 11.7. The van der Waals surface area contributed by atoms with E-state index in [0.717, 1.165) is 12.0 Å². The van der Waals surface area contributed by atoms with Crippen LogP contribution in [-0.4, -0.2) is 32.9 Å². The third-order valence-electron chi connectivity index (χ3n) is 3.44. The van der Waals surface area contributed by atoms with E-state index in [-0.39, 0.29) is 11.9 Å². The monoisotopic (exact) mass is 330 g/mol. The Balaban J connectivity index is 1.88. The molecule has 2 aromatic rings. The van der Waals surface area contributed by atoms with E-state index in [2.05, 4.69) is 39.6 Å². The van der Waals surface area contributed by atoms with Gasteiger partial charge in [-0.1, -0.05) is 49.0 Å². The number of hydrogen-bond donors (Lipinski definition) is 2. The van der Waals surface area contributed by atoms with E-state index in [9.17, 15) is 4.79 Å². The van der Waals surface area contributed by atoms with Crippen molar-refractivity contribution >= 4 is 29.8 Å². The number of aromatic nitrogens is 3. The largest absolute Gasteiger partial charge is 0.353 e. The molecule has 1 unspecified atom stereocenters. The molecule has 2 rings (SSSR count). The van der Waals surface area contributed by atoms with Crippen LogP contribution in [0.25, 0.3) is 12.2 Å². The van der Waals surface area contributed by atoms with Crippen LogP contribution < -0.4 is 5.32 Å². The molecule has 1 aromatic heterocycles. The molecule has 1 atom stereocenters. The van der Waals surface area contributed by atoms with Gasteiger partial charge in [-0.25, -0.2) is 4.98 Å². The summed E-state index contributed by atoms with van der Waals surface area (Å²) in [6, 6.07) is 8.33. The number of nitrogens with zero attached hydrogens (tertiary/aromatic N) is 2. The molecular formula is C17H22N4OS. The predicted molar refractivity (Wildman–Crippen MR) is 95.1 cm³/mol. The minimum absolute atomic E-state index is 0.00570. The lowest BCUT2D eigenvalue weighted by Gasteiger charge is -2.09. The topological polar surface area (TPSA) is 70.7 Å². The number of rotatable bonds is 7. The molecule has 0 aliphatic rings. The Morgan fingerprint density at radius 3 is 2.91 bits per heavy atom. The number of hydrogen-bond acceptors (Lipinski definition) is 4. The first kappa shape index (κ1) is 17.3. The van der Waals surface area contributed by atoms with E-state index in [1.54, 1.807) is 0 Å². The number of aromatic amines is 1. The number of amides is 1. The summed E-state index contributed by atoms with van der Waals surface area (Å²) >= 11 is 1.33. The van der Waals surface area contributed by atoms with Crippen LogP contribution in [0.5, 0.6) is 0 Å².